The van der Waals surface area contributed by atoms with Gasteiger partial charge in [0.05, 0.1) is 12.7 Å². The van der Waals surface area contributed by atoms with Gasteiger partial charge >= 0.3 is 0 Å². The lowest BCUT2D eigenvalue weighted by atomic mass is 10.1. The largest absolute Gasteiger partial charge is 0.399 e. The molecule has 5 nitrogen and oxygen atoms in total. The number of hydrogen-bond acceptors (Lipinski definition) is 4. The van der Waals surface area contributed by atoms with Gasteiger partial charge in [-0.05, 0) is 17.7 Å². The molecular weight excluding hydrogens is 270 g/mol. The molecule has 0 spiro atoms. The lowest BCUT2D eigenvalue weighted by Crippen LogP contribution is -2.29. The first-order valence-electron chi connectivity index (χ1n) is 6.15. The Labute approximate surface area is 115 Å². The van der Waals surface area contributed by atoms with Gasteiger partial charge in [0.1, 0.15) is 6.61 Å². The predicted molar refractivity (Wildman–Crippen MR) is 70.3 cm³/mol. The number of halogens is 2. The van der Waals surface area contributed by atoms with E-state index in [1.807, 2.05) is 0 Å². The second kappa shape index (κ2) is 8.44. The van der Waals surface area contributed by atoms with E-state index in [2.05, 4.69) is 10.1 Å². The van der Waals surface area contributed by atoms with Gasteiger partial charge in [-0.15, -0.1) is 0 Å². The Balaban J connectivity index is 2.21. The summed E-state index contributed by atoms with van der Waals surface area (Å²) in [4.78, 5) is 11.4. The molecule has 0 aromatic heterocycles. The number of nitrogen functional groups attached to an aromatic ring is 1. The van der Waals surface area contributed by atoms with E-state index in [-0.39, 0.29) is 25.5 Å². The third-order valence-corrected chi connectivity index (χ3v) is 2.53. The number of carbonyl (C=O) groups is 1. The maximum Gasteiger partial charge on any atom is 0.261 e. The summed E-state index contributed by atoms with van der Waals surface area (Å²) < 4.78 is 28.1. The van der Waals surface area contributed by atoms with Crippen LogP contribution in [0.5, 0.6) is 0 Å². The number of aliphatic hydroxyl groups is 1. The maximum absolute atomic E-state index is 11.8. The van der Waals surface area contributed by atoms with E-state index in [9.17, 15) is 18.7 Å². The van der Waals surface area contributed by atoms with Crippen LogP contribution in [0.1, 0.15) is 18.1 Å². The van der Waals surface area contributed by atoms with Gasteiger partial charge in [-0.1, -0.05) is 12.1 Å². The smallest absolute Gasteiger partial charge is 0.261 e. The minimum Gasteiger partial charge on any atom is -0.399 e. The number of ether oxygens (including phenoxy) is 1. The fraction of sp³-hybridized carbons (Fsp3) is 0.462. The number of aliphatic hydroxyl groups excluding tert-OH is 1. The second-order valence-electron chi connectivity index (χ2n) is 4.20. The summed E-state index contributed by atoms with van der Waals surface area (Å²) in [5.74, 6) is -0.367. The summed E-state index contributed by atoms with van der Waals surface area (Å²) in [7, 11) is 0. The average molecular weight is 288 g/mol. The molecule has 112 valence electrons. The molecule has 0 radical (unpaired) electrons. The number of benzene rings is 1. The monoisotopic (exact) mass is 288 g/mol. The standard InChI is InChI=1S/C13H18F2N2O3/c14-12(15)8-20-6-5-13(19)17-7-11(18)9-1-3-10(16)4-2-9/h1-4,11-12,18H,5-8,16H2,(H,17,19). The molecule has 4 N–H and O–H groups in total. The van der Waals surface area contributed by atoms with Crippen LogP contribution in [0.25, 0.3) is 0 Å². The summed E-state index contributed by atoms with van der Waals surface area (Å²) in [6.07, 6.45) is -3.41. The van der Waals surface area contributed by atoms with Gasteiger partial charge in [-0.2, -0.15) is 0 Å². The molecule has 0 aliphatic rings. The molecule has 7 heteroatoms. The van der Waals surface area contributed by atoms with Crippen molar-refractivity contribution < 1.29 is 23.4 Å². The van der Waals surface area contributed by atoms with Crippen LogP contribution in [0.2, 0.25) is 0 Å². The third-order valence-electron chi connectivity index (χ3n) is 2.53. The molecular formula is C13H18F2N2O3. The van der Waals surface area contributed by atoms with Crippen molar-refractivity contribution in [3.05, 3.63) is 29.8 Å². The number of carbonyl (C=O) groups excluding carboxylic acids is 1. The highest BCUT2D eigenvalue weighted by Crippen LogP contribution is 2.13. The third kappa shape index (κ3) is 6.44. The molecule has 0 saturated heterocycles. The number of anilines is 1. The van der Waals surface area contributed by atoms with Gasteiger partial charge in [0.15, 0.2) is 0 Å². The summed E-state index contributed by atoms with van der Waals surface area (Å²) in [5.41, 5.74) is 6.74. The molecule has 0 heterocycles. The summed E-state index contributed by atoms with van der Waals surface area (Å²) in [5, 5.41) is 12.3. The van der Waals surface area contributed by atoms with Crippen molar-refractivity contribution in [3.63, 3.8) is 0 Å². The number of rotatable bonds is 8. The molecule has 1 atom stereocenters. The Kier molecular flexibility index (Phi) is 6.89. The van der Waals surface area contributed by atoms with Crippen molar-refractivity contribution >= 4 is 11.6 Å². The Morgan fingerprint density at radius 3 is 2.60 bits per heavy atom. The van der Waals surface area contributed by atoms with Gasteiger partial charge in [0.2, 0.25) is 5.91 Å². The lowest BCUT2D eigenvalue weighted by molar-refractivity contribution is -0.123. The summed E-state index contributed by atoms with van der Waals surface area (Å²) >= 11 is 0. The Morgan fingerprint density at radius 1 is 1.35 bits per heavy atom. The quantitative estimate of drug-likeness (QED) is 0.494. The van der Waals surface area contributed by atoms with Crippen LogP contribution < -0.4 is 11.1 Å². The molecule has 1 aromatic carbocycles. The maximum atomic E-state index is 11.8. The molecule has 1 amide bonds. The molecule has 20 heavy (non-hydrogen) atoms. The SMILES string of the molecule is Nc1ccc(C(O)CNC(=O)CCOCC(F)F)cc1. The van der Waals surface area contributed by atoms with E-state index in [1.54, 1.807) is 24.3 Å². The normalized spacial score (nSPS) is 12.4. The zero-order valence-electron chi connectivity index (χ0n) is 10.9. The van der Waals surface area contributed by atoms with Crippen LogP contribution in [-0.4, -0.2) is 37.2 Å². The molecule has 1 aromatic rings. The zero-order valence-corrected chi connectivity index (χ0v) is 10.9. The fourth-order valence-electron chi connectivity index (χ4n) is 1.47. The van der Waals surface area contributed by atoms with Crippen molar-refractivity contribution in [2.75, 3.05) is 25.5 Å². The summed E-state index contributed by atoms with van der Waals surface area (Å²) in [6.45, 7) is -0.715. The second-order valence-corrected chi connectivity index (χ2v) is 4.20. The van der Waals surface area contributed by atoms with Crippen molar-refractivity contribution in [1.29, 1.82) is 0 Å². The van der Waals surface area contributed by atoms with Gasteiger partial charge in [-0.3, -0.25) is 4.79 Å². The van der Waals surface area contributed by atoms with Crippen LogP contribution >= 0.6 is 0 Å². The van der Waals surface area contributed by atoms with E-state index in [4.69, 9.17) is 5.73 Å². The lowest BCUT2D eigenvalue weighted by Gasteiger charge is -2.12. The number of amides is 1. The molecule has 0 aliphatic carbocycles. The molecule has 0 aliphatic heterocycles. The van der Waals surface area contributed by atoms with Crippen LogP contribution in [0.15, 0.2) is 24.3 Å². The highest BCUT2D eigenvalue weighted by atomic mass is 19.3. The van der Waals surface area contributed by atoms with Crippen molar-refractivity contribution in [3.8, 4) is 0 Å². The number of nitrogens with one attached hydrogen (secondary N) is 1. The van der Waals surface area contributed by atoms with Crippen molar-refractivity contribution in [2.45, 2.75) is 19.0 Å². The predicted octanol–water partition coefficient (Wildman–Crippen LogP) is 1.09. The Morgan fingerprint density at radius 2 is 2.00 bits per heavy atom. The minimum atomic E-state index is -2.54. The first-order valence-corrected chi connectivity index (χ1v) is 6.15. The van der Waals surface area contributed by atoms with Crippen LogP contribution in [0.3, 0.4) is 0 Å². The Hall–Kier alpha value is -1.73. The van der Waals surface area contributed by atoms with Crippen molar-refractivity contribution in [2.24, 2.45) is 0 Å². The molecule has 0 fully saturated rings. The van der Waals surface area contributed by atoms with E-state index >= 15 is 0 Å². The molecule has 0 bridgehead atoms. The molecule has 1 rings (SSSR count). The van der Waals surface area contributed by atoms with E-state index in [0.717, 1.165) is 0 Å². The number of nitrogens with two attached hydrogens (primary N) is 1. The zero-order chi connectivity index (χ0) is 15.0. The molecule has 1 unspecified atom stereocenters. The highest BCUT2D eigenvalue weighted by Gasteiger charge is 2.10. The van der Waals surface area contributed by atoms with Crippen LogP contribution in [-0.2, 0) is 9.53 Å². The van der Waals surface area contributed by atoms with Gasteiger partial charge < -0.3 is 20.9 Å². The van der Waals surface area contributed by atoms with Gasteiger partial charge in [-0.25, -0.2) is 8.78 Å². The summed E-state index contributed by atoms with van der Waals surface area (Å²) in [6, 6.07) is 6.63. The van der Waals surface area contributed by atoms with E-state index < -0.39 is 19.1 Å². The highest BCUT2D eigenvalue weighted by molar-refractivity contribution is 5.76. The van der Waals surface area contributed by atoms with E-state index in [0.29, 0.717) is 11.3 Å². The van der Waals surface area contributed by atoms with E-state index in [1.165, 1.54) is 0 Å². The number of hydrogen-bond donors (Lipinski definition) is 3. The van der Waals surface area contributed by atoms with Gasteiger partial charge in [0, 0.05) is 18.7 Å². The Bertz CT molecular complexity index is 413. The molecule has 0 saturated carbocycles. The first kappa shape index (κ1) is 16.3. The first-order chi connectivity index (χ1) is 9.49. The average Bonchev–Trinajstić information content (AvgIpc) is 2.41. The topological polar surface area (TPSA) is 84.6 Å². The van der Waals surface area contributed by atoms with Gasteiger partial charge in [0.25, 0.3) is 6.43 Å². The van der Waals surface area contributed by atoms with Crippen molar-refractivity contribution in [1.82, 2.24) is 5.32 Å². The fourth-order valence-corrected chi connectivity index (χ4v) is 1.47. The van der Waals surface area contributed by atoms with Crippen LogP contribution in [0, 0.1) is 0 Å². The minimum absolute atomic E-state index is 0.0266. The van der Waals surface area contributed by atoms with Crippen LogP contribution in [0.4, 0.5) is 14.5 Å². The number of alkyl halides is 2.